The van der Waals surface area contributed by atoms with Crippen LogP contribution in [-0.4, -0.2) is 16.6 Å². The van der Waals surface area contributed by atoms with Gasteiger partial charge >= 0.3 is 0 Å². The lowest BCUT2D eigenvalue weighted by Crippen LogP contribution is -2.21. The SMILES string of the molecule is Cc1ccc2c(c1)C(=O)C(=O)c1cccnc1-2. The first kappa shape index (κ1) is 9.90. The quantitative estimate of drug-likeness (QED) is 0.644. The van der Waals surface area contributed by atoms with Crippen LogP contribution in [0.25, 0.3) is 11.3 Å². The Kier molecular flexibility index (Phi) is 1.95. The number of hydrogen-bond donors (Lipinski definition) is 0. The van der Waals surface area contributed by atoms with E-state index in [-0.39, 0.29) is 0 Å². The summed E-state index contributed by atoms with van der Waals surface area (Å²) in [5, 5.41) is 0. The van der Waals surface area contributed by atoms with Crippen molar-refractivity contribution in [3.63, 3.8) is 0 Å². The summed E-state index contributed by atoms with van der Waals surface area (Å²) in [6, 6.07) is 8.82. The molecule has 3 rings (SSSR count). The molecule has 0 fully saturated rings. The van der Waals surface area contributed by atoms with Crippen LogP contribution in [0.1, 0.15) is 26.3 Å². The highest BCUT2D eigenvalue weighted by molar-refractivity contribution is 6.52. The first-order valence-electron chi connectivity index (χ1n) is 5.33. The number of aryl methyl sites for hydroxylation is 1. The molecule has 0 saturated heterocycles. The lowest BCUT2D eigenvalue weighted by molar-refractivity contribution is 0.0815. The third-order valence-corrected chi connectivity index (χ3v) is 2.93. The Balaban J connectivity index is 2.40. The monoisotopic (exact) mass is 223 g/mol. The van der Waals surface area contributed by atoms with Crippen LogP contribution >= 0.6 is 0 Å². The maximum Gasteiger partial charge on any atom is 0.235 e. The number of hydrogen-bond acceptors (Lipinski definition) is 3. The van der Waals surface area contributed by atoms with Crippen molar-refractivity contribution in [2.24, 2.45) is 0 Å². The van der Waals surface area contributed by atoms with E-state index in [0.717, 1.165) is 11.1 Å². The van der Waals surface area contributed by atoms with Gasteiger partial charge in [-0.25, -0.2) is 0 Å². The van der Waals surface area contributed by atoms with Gasteiger partial charge in [-0.15, -0.1) is 0 Å². The van der Waals surface area contributed by atoms with Crippen molar-refractivity contribution >= 4 is 11.6 Å². The summed E-state index contributed by atoms with van der Waals surface area (Å²) in [5.41, 5.74) is 3.17. The topological polar surface area (TPSA) is 47.0 Å². The summed E-state index contributed by atoms with van der Waals surface area (Å²) in [7, 11) is 0. The molecule has 1 aromatic heterocycles. The van der Waals surface area contributed by atoms with E-state index in [0.29, 0.717) is 16.8 Å². The Morgan fingerprint density at radius 2 is 1.71 bits per heavy atom. The number of nitrogens with zero attached hydrogens (tertiary/aromatic N) is 1. The zero-order valence-electron chi connectivity index (χ0n) is 9.23. The second-order valence-corrected chi connectivity index (χ2v) is 4.11. The fourth-order valence-corrected chi connectivity index (χ4v) is 2.10. The van der Waals surface area contributed by atoms with E-state index < -0.39 is 11.6 Å². The maximum atomic E-state index is 12.0. The van der Waals surface area contributed by atoms with Crippen molar-refractivity contribution in [1.29, 1.82) is 0 Å². The number of fused-ring (bicyclic) bond motifs is 3. The molecule has 1 aliphatic rings. The maximum absolute atomic E-state index is 12.0. The fraction of sp³-hybridized carbons (Fsp3) is 0.0714. The van der Waals surface area contributed by atoms with Crippen molar-refractivity contribution in [3.05, 3.63) is 53.2 Å². The van der Waals surface area contributed by atoms with Crippen LogP contribution in [0.5, 0.6) is 0 Å². The molecule has 2 aromatic rings. The third-order valence-electron chi connectivity index (χ3n) is 2.93. The van der Waals surface area contributed by atoms with Gasteiger partial charge in [-0.3, -0.25) is 14.6 Å². The molecule has 0 bridgehead atoms. The van der Waals surface area contributed by atoms with Crippen LogP contribution in [0.2, 0.25) is 0 Å². The van der Waals surface area contributed by atoms with Crippen LogP contribution in [0.3, 0.4) is 0 Å². The molecule has 1 heterocycles. The van der Waals surface area contributed by atoms with Gasteiger partial charge in [0.2, 0.25) is 11.6 Å². The lowest BCUT2D eigenvalue weighted by Gasteiger charge is -2.16. The number of Topliss-reactive ketones (excluding diaryl/α,β-unsaturated/α-hetero) is 2. The average Bonchev–Trinajstić information content (AvgIpc) is 2.36. The van der Waals surface area contributed by atoms with Crippen LogP contribution < -0.4 is 0 Å². The van der Waals surface area contributed by atoms with Crippen molar-refractivity contribution < 1.29 is 9.59 Å². The Bertz CT molecular complexity index is 659. The largest absolute Gasteiger partial charge is 0.285 e. The van der Waals surface area contributed by atoms with E-state index in [1.54, 1.807) is 24.4 Å². The Morgan fingerprint density at radius 3 is 2.53 bits per heavy atom. The number of carbonyl (C=O) groups excluding carboxylic acids is 2. The zero-order valence-corrected chi connectivity index (χ0v) is 9.23. The Hall–Kier alpha value is -2.29. The van der Waals surface area contributed by atoms with Crippen LogP contribution in [-0.2, 0) is 0 Å². The zero-order chi connectivity index (χ0) is 12.0. The van der Waals surface area contributed by atoms with Crippen molar-refractivity contribution in [1.82, 2.24) is 4.98 Å². The number of ketones is 2. The van der Waals surface area contributed by atoms with E-state index in [1.165, 1.54) is 0 Å². The molecule has 82 valence electrons. The second-order valence-electron chi connectivity index (χ2n) is 4.11. The predicted octanol–water partition coefficient (Wildman–Crippen LogP) is 2.44. The number of pyridine rings is 1. The highest BCUT2D eigenvalue weighted by Crippen LogP contribution is 2.31. The number of aromatic nitrogens is 1. The summed E-state index contributed by atoms with van der Waals surface area (Å²) in [5.74, 6) is -0.907. The van der Waals surface area contributed by atoms with Crippen molar-refractivity contribution in [2.45, 2.75) is 6.92 Å². The van der Waals surface area contributed by atoms with Gasteiger partial charge < -0.3 is 0 Å². The molecule has 1 aliphatic carbocycles. The van der Waals surface area contributed by atoms with Crippen molar-refractivity contribution in [2.75, 3.05) is 0 Å². The lowest BCUT2D eigenvalue weighted by atomic mass is 9.86. The number of benzene rings is 1. The molecule has 0 spiro atoms. The molecule has 0 radical (unpaired) electrons. The van der Waals surface area contributed by atoms with Gasteiger partial charge in [0.25, 0.3) is 0 Å². The standard InChI is InChI=1S/C14H9NO2/c1-8-4-5-9-11(7-8)14(17)13(16)10-3-2-6-15-12(9)10/h2-7H,1H3. The van der Waals surface area contributed by atoms with Crippen LogP contribution in [0.15, 0.2) is 36.5 Å². The van der Waals surface area contributed by atoms with Gasteiger partial charge in [-0.05, 0) is 25.1 Å². The smallest absolute Gasteiger partial charge is 0.235 e. The van der Waals surface area contributed by atoms with Gasteiger partial charge in [-0.1, -0.05) is 17.7 Å². The van der Waals surface area contributed by atoms with E-state index in [4.69, 9.17) is 0 Å². The molecule has 3 heteroatoms. The van der Waals surface area contributed by atoms with Crippen LogP contribution in [0, 0.1) is 6.92 Å². The highest BCUT2D eigenvalue weighted by atomic mass is 16.2. The summed E-state index contributed by atoms with van der Waals surface area (Å²) in [4.78, 5) is 28.1. The minimum Gasteiger partial charge on any atom is -0.285 e. The van der Waals surface area contributed by atoms with E-state index in [9.17, 15) is 9.59 Å². The van der Waals surface area contributed by atoms with Gasteiger partial charge in [0, 0.05) is 17.3 Å². The minimum atomic E-state index is -0.466. The molecular formula is C14H9NO2. The Labute approximate surface area is 98.1 Å². The fourth-order valence-electron chi connectivity index (χ4n) is 2.10. The summed E-state index contributed by atoms with van der Waals surface area (Å²) in [6.45, 7) is 1.89. The Morgan fingerprint density at radius 1 is 0.941 bits per heavy atom. The molecule has 0 amide bonds. The first-order valence-corrected chi connectivity index (χ1v) is 5.33. The molecule has 1 aromatic carbocycles. The minimum absolute atomic E-state index is 0.397. The molecule has 17 heavy (non-hydrogen) atoms. The van der Waals surface area contributed by atoms with Gasteiger partial charge in [0.05, 0.1) is 11.3 Å². The third kappa shape index (κ3) is 1.32. The van der Waals surface area contributed by atoms with Crippen molar-refractivity contribution in [3.8, 4) is 11.3 Å². The van der Waals surface area contributed by atoms with E-state index >= 15 is 0 Å². The van der Waals surface area contributed by atoms with Gasteiger partial charge in [0.1, 0.15) is 0 Å². The predicted molar refractivity (Wildman–Crippen MR) is 63.1 cm³/mol. The molecular weight excluding hydrogens is 214 g/mol. The first-order chi connectivity index (χ1) is 8.18. The summed E-state index contributed by atoms with van der Waals surface area (Å²) >= 11 is 0. The average molecular weight is 223 g/mol. The molecule has 0 N–H and O–H groups in total. The van der Waals surface area contributed by atoms with Gasteiger partial charge in [-0.2, -0.15) is 0 Å². The number of rotatable bonds is 0. The highest BCUT2D eigenvalue weighted by Gasteiger charge is 2.30. The molecule has 0 aliphatic heterocycles. The molecule has 3 nitrogen and oxygen atoms in total. The van der Waals surface area contributed by atoms with Gasteiger partial charge in [0.15, 0.2) is 0 Å². The van der Waals surface area contributed by atoms with Crippen LogP contribution in [0.4, 0.5) is 0 Å². The summed E-state index contributed by atoms with van der Waals surface area (Å²) < 4.78 is 0. The molecule has 0 saturated carbocycles. The normalized spacial score (nSPS) is 13.2. The van der Waals surface area contributed by atoms with E-state index in [1.807, 2.05) is 19.1 Å². The van der Waals surface area contributed by atoms with E-state index in [2.05, 4.69) is 4.98 Å². The number of carbonyl (C=O) groups is 2. The molecule has 0 atom stereocenters. The summed E-state index contributed by atoms with van der Waals surface area (Å²) in [6.07, 6.45) is 1.63. The molecule has 0 unspecified atom stereocenters. The second kappa shape index (κ2) is 3.35.